The van der Waals surface area contributed by atoms with Crippen molar-refractivity contribution in [2.24, 2.45) is 7.05 Å². The maximum atomic E-state index is 12.3. The van der Waals surface area contributed by atoms with Crippen molar-refractivity contribution < 1.29 is 13.5 Å². The molecule has 0 fully saturated rings. The van der Waals surface area contributed by atoms with Crippen molar-refractivity contribution in [1.82, 2.24) is 20.3 Å². The smallest absolute Gasteiger partial charge is 0.387 e. The normalized spacial score (nSPS) is 12.7. The maximum Gasteiger partial charge on any atom is 0.387 e. The first kappa shape index (κ1) is 14.4. The Balaban J connectivity index is 2.32. The van der Waals surface area contributed by atoms with Gasteiger partial charge in [-0.05, 0) is 24.2 Å². The van der Waals surface area contributed by atoms with E-state index >= 15 is 0 Å². The fourth-order valence-electron chi connectivity index (χ4n) is 2.03. The summed E-state index contributed by atoms with van der Waals surface area (Å²) in [7, 11) is 1.78. The zero-order chi connectivity index (χ0) is 14.5. The van der Waals surface area contributed by atoms with Crippen molar-refractivity contribution in [1.29, 1.82) is 0 Å². The first-order valence-electron chi connectivity index (χ1n) is 6.24. The lowest BCUT2D eigenvalue weighted by Crippen LogP contribution is -2.24. The van der Waals surface area contributed by atoms with Gasteiger partial charge in [-0.1, -0.05) is 24.3 Å². The molecule has 108 valence electrons. The molecule has 1 aromatic carbocycles. The van der Waals surface area contributed by atoms with Crippen LogP contribution in [0, 0.1) is 0 Å². The standard InChI is InChI=1S/C13H16F2N4O/c1-3-16-12(11-8-17-18-19(11)2)9-5-4-6-10(7-9)20-13(14)15/h4-8,12-13,16H,3H2,1-2H3. The molecule has 20 heavy (non-hydrogen) atoms. The first-order chi connectivity index (χ1) is 9.61. The number of nitrogens with one attached hydrogen (secondary N) is 1. The van der Waals surface area contributed by atoms with Gasteiger partial charge in [-0.3, -0.25) is 4.68 Å². The predicted octanol–water partition coefficient (Wildman–Crippen LogP) is 2.12. The molecular formula is C13H16F2N4O. The van der Waals surface area contributed by atoms with Crippen LogP contribution in [0.4, 0.5) is 8.78 Å². The molecule has 0 radical (unpaired) electrons. The number of benzene rings is 1. The monoisotopic (exact) mass is 282 g/mol. The Morgan fingerprint density at radius 3 is 2.80 bits per heavy atom. The Morgan fingerprint density at radius 1 is 1.40 bits per heavy atom. The van der Waals surface area contributed by atoms with Crippen LogP contribution in [0.2, 0.25) is 0 Å². The number of aryl methyl sites for hydroxylation is 1. The number of hydrogen-bond donors (Lipinski definition) is 1. The van der Waals surface area contributed by atoms with E-state index in [2.05, 4.69) is 20.4 Å². The molecule has 5 nitrogen and oxygen atoms in total. The molecule has 7 heteroatoms. The summed E-state index contributed by atoms with van der Waals surface area (Å²) < 4.78 is 30.6. The predicted molar refractivity (Wildman–Crippen MR) is 69.6 cm³/mol. The number of halogens is 2. The molecule has 1 atom stereocenters. The number of nitrogens with zero attached hydrogens (tertiary/aromatic N) is 3. The number of ether oxygens (including phenoxy) is 1. The number of alkyl halides is 2. The molecule has 2 rings (SSSR count). The SMILES string of the molecule is CCNC(c1cccc(OC(F)F)c1)c1cnnn1C. The largest absolute Gasteiger partial charge is 0.435 e. The Morgan fingerprint density at radius 2 is 2.20 bits per heavy atom. The average Bonchev–Trinajstić information content (AvgIpc) is 2.81. The lowest BCUT2D eigenvalue weighted by Gasteiger charge is -2.18. The Bertz CT molecular complexity index is 559. The number of aromatic nitrogens is 3. The zero-order valence-electron chi connectivity index (χ0n) is 11.3. The van der Waals surface area contributed by atoms with E-state index in [9.17, 15) is 8.78 Å². The molecule has 0 amide bonds. The van der Waals surface area contributed by atoms with Crippen LogP contribution in [-0.2, 0) is 7.05 Å². The highest BCUT2D eigenvalue weighted by Gasteiger charge is 2.18. The molecule has 0 aliphatic carbocycles. The minimum absolute atomic E-state index is 0.135. The topological polar surface area (TPSA) is 52.0 Å². The van der Waals surface area contributed by atoms with E-state index in [0.29, 0.717) is 0 Å². The van der Waals surface area contributed by atoms with E-state index in [1.807, 2.05) is 13.0 Å². The van der Waals surface area contributed by atoms with E-state index < -0.39 is 6.61 Å². The Labute approximate surface area is 115 Å². The van der Waals surface area contributed by atoms with Crippen molar-refractivity contribution in [2.75, 3.05) is 6.54 Å². The van der Waals surface area contributed by atoms with E-state index in [4.69, 9.17) is 0 Å². The van der Waals surface area contributed by atoms with Gasteiger partial charge >= 0.3 is 6.61 Å². The summed E-state index contributed by atoms with van der Waals surface area (Å²) in [6.07, 6.45) is 1.65. The Kier molecular flexibility index (Phi) is 4.62. The highest BCUT2D eigenvalue weighted by molar-refractivity contribution is 5.34. The summed E-state index contributed by atoms with van der Waals surface area (Å²) in [6.45, 7) is -0.146. The van der Waals surface area contributed by atoms with Crippen LogP contribution in [0.3, 0.4) is 0 Å². The zero-order valence-corrected chi connectivity index (χ0v) is 11.3. The molecule has 0 saturated carbocycles. The fraction of sp³-hybridized carbons (Fsp3) is 0.385. The third kappa shape index (κ3) is 3.30. The van der Waals surface area contributed by atoms with Gasteiger partial charge in [0, 0.05) is 7.05 Å². The van der Waals surface area contributed by atoms with Gasteiger partial charge in [0.1, 0.15) is 5.75 Å². The van der Waals surface area contributed by atoms with Crippen LogP contribution < -0.4 is 10.1 Å². The summed E-state index contributed by atoms with van der Waals surface area (Å²) in [6, 6.07) is 6.44. The quantitative estimate of drug-likeness (QED) is 0.881. The van der Waals surface area contributed by atoms with Crippen LogP contribution in [0.1, 0.15) is 24.2 Å². The third-order valence-corrected chi connectivity index (χ3v) is 2.87. The Hall–Kier alpha value is -2.02. The summed E-state index contributed by atoms with van der Waals surface area (Å²) in [5.41, 5.74) is 1.66. The van der Waals surface area contributed by atoms with E-state index in [1.54, 1.807) is 30.1 Å². The summed E-state index contributed by atoms with van der Waals surface area (Å²) >= 11 is 0. The highest BCUT2D eigenvalue weighted by atomic mass is 19.3. The van der Waals surface area contributed by atoms with Crippen molar-refractivity contribution in [3.05, 3.63) is 41.7 Å². The number of rotatable bonds is 6. The molecule has 0 aliphatic rings. The van der Waals surface area contributed by atoms with Crippen LogP contribution in [0.5, 0.6) is 5.75 Å². The second-order valence-corrected chi connectivity index (χ2v) is 4.22. The third-order valence-electron chi connectivity index (χ3n) is 2.87. The van der Waals surface area contributed by atoms with Gasteiger partial charge in [-0.15, -0.1) is 5.10 Å². The molecule has 1 aromatic heterocycles. The van der Waals surface area contributed by atoms with Crippen molar-refractivity contribution in [2.45, 2.75) is 19.6 Å². The van der Waals surface area contributed by atoms with Crippen LogP contribution in [0.15, 0.2) is 30.5 Å². The molecule has 1 heterocycles. The summed E-state index contributed by atoms with van der Waals surface area (Å²) in [5, 5.41) is 11.0. The minimum Gasteiger partial charge on any atom is -0.435 e. The van der Waals surface area contributed by atoms with Gasteiger partial charge in [0.2, 0.25) is 0 Å². The molecule has 0 aliphatic heterocycles. The van der Waals surface area contributed by atoms with Gasteiger partial charge < -0.3 is 10.1 Å². The lowest BCUT2D eigenvalue weighted by atomic mass is 10.0. The van der Waals surface area contributed by atoms with Crippen LogP contribution in [0.25, 0.3) is 0 Å². The van der Waals surface area contributed by atoms with E-state index in [-0.39, 0.29) is 11.8 Å². The van der Waals surface area contributed by atoms with Gasteiger partial charge in [-0.2, -0.15) is 8.78 Å². The van der Waals surface area contributed by atoms with Crippen molar-refractivity contribution in [3.63, 3.8) is 0 Å². The van der Waals surface area contributed by atoms with Crippen LogP contribution >= 0.6 is 0 Å². The molecule has 1 N–H and O–H groups in total. The van der Waals surface area contributed by atoms with Gasteiger partial charge in [0.05, 0.1) is 17.9 Å². The van der Waals surface area contributed by atoms with Crippen molar-refractivity contribution in [3.8, 4) is 5.75 Å². The second kappa shape index (κ2) is 6.42. The molecule has 0 spiro atoms. The maximum absolute atomic E-state index is 12.3. The van der Waals surface area contributed by atoms with E-state index in [0.717, 1.165) is 17.8 Å². The van der Waals surface area contributed by atoms with Gasteiger partial charge in [-0.25, -0.2) is 0 Å². The van der Waals surface area contributed by atoms with Gasteiger partial charge in [0.15, 0.2) is 0 Å². The molecule has 2 aromatic rings. The molecule has 0 bridgehead atoms. The average molecular weight is 282 g/mol. The fourth-order valence-corrected chi connectivity index (χ4v) is 2.03. The van der Waals surface area contributed by atoms with Crippen LogP contribution in [-0.4, -0.2) is 28.2 Å². The summed E-state index contributed by atoms with van der Waals surface area (Å²) in [4.78, 5) is 0. The molecule has 0 saturated heterocycles. The van der Waals surface area contributed by atoms with Gasteiger partial charge in [0.25, 0.3) is 0 Å². The van der Waals surface area contributed by atoms with Crippen molar-refractivity contribution >= 4 is 0 Å². The second-order valence-electron chi connectivity index (χ2n) is 4.22. The van der Waals surface area contributed by atoms with E-state index in [1.165, 1.54) is 6.07 Å². The summed E-state index contributed by atoms with van der Waals surface area (Å²) in [5.74, 6) is 0.135. The minimum atomic E-state index is -2.83. The molecular weight excluding hydrogens is 266 g/mol. The molecule has 1 unspecified atom stereocenters. The lowest BCUT2D eigenvalue weighted by molar-refractivity contribution is -0.0498. The number of hydrogen-bond acceptors (Lipinski definition) is 4. The highest BCUT2D eigenvalue weighted by Crippen LogP contribution is 2.25. The first-order valence-corrected chi connectivity index (χ1v) is 6.24.